The predicted octanol–water partition coefficient (Wildman–Crippen LogP) is 2.21. The maximum Gasteiger partial charge on any atom is 0.307 e. The first-order chi connectivity index (χ1) is 8.74. The molecule has 0 saturated heterocycles. The summed E-state index contributed by atoms with van der Waals surface area (Å²) in [6.45, 7) is 1.61. The molecule has 0 spiro atoms. The van der Waals surface area contributed by atoms with Crippen LogP contribution < -0.4 is 5.32 Å². The van der Waals surface area contributed by atoms with Crippen LogP contribution in [0.5, 0.6) is 0 Å². The Kier molecular flexibility index (Phi) is 6.60. The Bertz CT molecular complexity index is 421. The fourth-order valence-corrected chi connectivity index (χ4v) is 1.77. The zero-order valence-corrected chi connectivity index (χ0v) is 10.5. The van der Waals surface area contributed by atoms with Gasteiger partial charge in [0, 0.05) is 13.0 Å². The fourth-order valence-electron chi connectivity index (χ4n) is 1.77. The first-order valence-corrected chi connectivity index (χ1v) is 6.17. The third-order valence-corrected chi connectivity index (χ3v) is 2.70. The fraction of sp³-hybridized carbons (Fsp3) is 0.400. The van der Waals surface area contributed by atoms with Crippen LogP contribution in [-0.2, 0) is 17.8 Å². The molecule has 0 fully saturated rings. The molecule has 18 heavy (non-hydrogen) atoms. The third-order valence-electron chi connectivity index (χ3n) is 2.70. The van der Waals surface area contributed by atoms with E-state index in [0.717, 1.165) is 36.9 Å². The zero-order chi connectivity index (χ0) is 13.2. The molecule has 0 amide bonds. The molecule has 3 nitrogen and oxygen atoms in total. The summed E-state index contributed by atoms with van der Waals surface area (Å²) in [6, 6.07) is 7.63. The Morgan fingerprint density at radius 2 is 2.00 bits per heavy atom. The van der Waals surface area contributed by atoms with Crippen LogP contribution in [-0.4, -0.2) is 17.6 Å². The van der Waals surface area contributed by atoms with E-state index in [1.165, 1.54) is 0 Å². The largest absolute Gasteiger partial charge is 0.481 e. The molecule has 0 aromatic heterocycles. The Morgan fingerprint density at radius 3 is 2.67 bits per heavy atom. The predicted molar refractivity (Wildman–Crippen MR) is 72.2 cm³/mol. The summed E-state index contributed by atoms with van der Waals surface area (Å²) in [5, 5.41) is 12.1. The minimum absolute atomic E-state index is 0.0783. The van der Waals surface area contributed by atoms with Crippen molar-refractivity contribution in [3.05, 3.63) is 35.4 Å². The van der Waals surface area contributed by atoms with Crippen LogP contribution in [0.4, 0.5) is 0 Å². The van der Waals surface area contributed by atoms with E-state index in [-0.39, 0.29) is 6.42 Å². The lowest BCUT2D eigenvalue weighted by Gasteiger charge is -2.08. The molecule has 0 aliphatic heterocycles. The van der Waals surface area contributed by atoms with Crippen molar-refractivity contribution in [2.24, 2.45) is 0 Å². The van der Waals surface area contributed by atoms with E-state index < -0.39 is 5.97 Å². The van der Waals surface area contributed by atoms with Gasteiger partial charge in [-0.2, -0.15) is 0 Å². The number of terminal acetylenes is 1. The summed E-state index contributed by atoms with van der Waals surface area (Å²) in [5.41, 5.74) is 1.93. The molecule has 0 aliphatic carbocycles. The number of aliphatic carboxylic acids is 1. The molecule has 96 valence electrons. The highest BCUT2D eigenvalue weighted by Gasteiger charge is 2.05. The van der Waals surface area contributed by atoms with Crippen LogP contribution in [0.25, 0.3) is 0 Å². The van der Waals surface area contributed by atoms with Crippen molar-refractivity contribution >= 4 is 5.97 Å². The van der Waals surface area contributed by atoms with Gasteiger partial charge in [-0.05, 0) is 30.5 Å². The zero-order valence-electron chi connectivity index (χ0n) is 10.5. The molecule has 0 atom stereocenters. The molecular weight excluding hydrogens is 226 g/mol. The van der Waals surface area contributed by atoms with Gasteiger partial charge in [0.25, 0.3) is 0 Å². The van der Waals surface area contributed by atoms with Gasteiger partial charge < -0.3 is 10.4 Å². The van der Waals surface area contributed by atoms with Crippen molar-refractivity contribution in [1.29, 1.82) is 0 Å². The molecular formula is C15H19NO2. The summed E-state index contributed by atoms with van der Waals surface area (Å²) in [6.07, 6.45) is 8.14. The van der Waals surface area contributed by atoms with Crippen LogP contribution in [0.1, 0.15) is 30.4 Å². The van der Waals surface area contributed by atoms with E-state index >= 15 is 0 Å². The molecule has 1 rings (SSSR count). The van der Waals surface area contributed by atoms with Gasteiger partial charge in [-0.25, -0.2) is 0 Å². The average molecular weight is 245 g/mol. The monoisotopic (exact) mass is 245 g/mol. The lowest BCUT2D eigenvalue weighted by molar-refractivity contribution is -0.136. The summed E-state index contributed by atoms with van der Waals surface area (Å²) < 4.78 is 0. The number of rotatable bonds is 8. The van der Waals surface area contributed by atoms with E-state index in [1.54, 1.807) is 0 Å². The molecule has 0 heterocycles. The molecule has 0 bridgehead atoms. The highest BCUT2D eigenvalue weighted by Crippen LogP contribution is 2.09. The van der Waals surface area contributed by atoms with E-state index in [9.17, 15) is 4.79 Å². The van der Waals surface area contributed by atoms with Gasteiger partial charge in [-0.1, -0.05) is 24.3 Å². The third kappa shape index (κ3) is 5.51. The topological polar surface area (TPSA) is 49.3 Å². The lowest BCUT2D eigenvalue weighted by Crippen LogP contribution is -2.16. The van der Waals surface area contributed by atoms with Gasteiger partial charge >= 0.3 is 5.97 Å². The highest BCUT2D eigenvalue weighted by molar-refractivity contribution is 5.70. The van der Waals surface area contributed by atoms with Gasteiger partial charge in [0.05, 0.1) is 6.42 Å². The summed E-state index contributed by atoms with van der Waals surface area (Å²) >= 11 is 0. The maximum absolute atomic E-state index is 10.7. The SMILES string of the molecule is C#CCCCCNCc1ccccc1CC(=O)O. The number of hydrogen-bond acceptors (Lipinski definition) is 2. The van der Waals surface area contributed by atoms with Crippen LogP contribution in [0, 0.1) is 12.3 Å². The van der Waals surface area contributed by atoms with E-state index in [2.05, 4.69) is 11.2 Å². The van der Waals surface area contributed by atoms with Crippen LogP contribution >= 0.6 is 0 Å². The lowest BCUT2D eigenvalue weighted by atomic mass is 10.0. The summed E-state index contributed by atoms with van der Waals surface area (Å²) in [4.78, 5) is 10.7. The molecule has 3 heteroatoms. The maximum atomic E-state index is 10.7. The number of nitrogens with one attached hydrogen (secondary N) is 1. The van der Waals surface area contributed by atoms with Gasteiger partial charge in [0.1, 0.15) is 0 Å². The molecule has 0 radical (unpaired) electrons. The van der Waals surface area contributed by atoms with E-state index in [4.69, 9.17) is 11.5 Å². The number of hydrogen-bond donors (Lipinski definition) is 2. The van der Waals surface area contributed by atoms with Crippen LogP contribution in [0.15, 0.2) is 24.3 Å². The quantitative estimate of drug-likeness (QED) is 0.545. The molecule has 2 N–H and O–H groups in total. The van der Waals surface area contributed by atoms with Crippen molar-refractivity contribution < 1.29 is 9.90 Å². The van der Waals surface area contributed by atoms with E-state index in [0.29, 0.717) is 6.54 Å². The standard InChI is InChI=1S/C15H19NO2/c1-2-3-4-7-10-16-12-14-9-6-5-8-13(14)11-15(17)18/h1,5-6,8-9,16H,3-4,7,10-12H2,(H,17,18). The number of carboxylic acid groups (broad SMARTS) is 1. The van der Waals surface area contributed by atoms with Gasteiger partial charge in [-0.15, -0.1) is 12.3 Å². The second-order valence-electron chi connectivity index (χ2n) is 4.18. The van der Waals surface area contributed by atoms with Crippen LogP contribution in [0.3, 0.4) is 0 Å². The molecule has 1 aromatic rings. The van der Waals surface area contributed by atoms with Crippen LogP contribution in [0.2, 0.25) is 0 Å². The number of carboxylic acids is 1. The molecule has 0 aliphatic rings. The summed E-state index contributed by atoms with van der Waals surface area (Å²) in [5.74, 6) is 1.82. The first-order valence-electron chi connectivity index (χ1n) is 6.17. The Labute approximate surface area is 108 Å². The number of benzene rings is 1. The minimum atomic E-state index is -0.795. The number of carbonyl (C=O) groups is 1. The van der Waals surface area contributed by atoms with Crippen molar-refractivity contribution in [2.45, 2.75) is 32.2 Å². The van der Waals surface area contributed by atoms with Gasteiger partial charge in [-0.3, -0.25) is 4.79 Å². The van der Waals surface area contributed by atoms with Crippen molar-refractivity contribution in [1.82, 2.24) is 5.32 Å². The first kappa shape index (κ1) is 14.3. The second-order valence-corrected chi connectivity index (χ2v) is 4.18. The van der Waals surface area contributed by atoms with Crippen molar-refractivity contribution in [3.8, 4) is 12.3 Å². The van der Waals surface area contributed by atoms with Gasteiger partial charge in [0.2, 0.25) is 0 Å². The average Bonchev–Trinajstić information content (AvgIpc) is 2.35. The number of unbranched alkanes of at least 4 members (excludes halogenated alkanes) is 2. The smallest absolute Gasteiger partial charge is 0.307 e. The van der Waals surface area contributed by atoms with Crippen molar-refractivity contribution in [3.63, 3.8) is 0 Å². The normalized spacial score (nSPS) is 9.94. The summed E-state index contributed by atoms with van der Waals surface area (Å²) in [7, 11) is 0. The highest BCUT2D eigenvalue weighted by atomic mass is 16.4. The molecule has 1 aromatic carbocycles. The molecule has 0 saturated carbocycles. The Hall–Kier alpha value is -1.79. The second kappa shape index (κ2) is 8.32. The van der Waals surface area contributed by atoms with Gasteiger partial charge in [0.15, 0.2) is 0 Å². The minimum Gasteiger partial charge on any atom is -0.481 e. The van der Waals surface area contributed by atoms with Crippen molar-refractivity contribution in [2.75, 3.05) is 6.54 Å². The Morgan fingerprint density at radius 1 is 1.28 bits per heavy atom. The molecule has 0 unspecified atom stereocenters. The Balaban J connectivity index is 2.37. The van der Waals surface area contributed by atoms with E-state index in [1.807, 2.05) is 24.3 Å².